The lowest BCUT2D eigenvalue weighted by atomic mass is 10.2. The number of pyridine rings is 1. The highest BCUT2D eigenvalue weighted by atomic mass is 16.5. The molecule has 0 radical (unpaired) electrons. The molecule has 0 amide bonds. The van der Waals surface area contributed by atoms with Crippen molar-refractivity contribution in [3.63, 3.8) is 0 Å². The monoisotopic (exact) mass is 260 g/mol. The van der Waals surface area contributed by atoms with Gasteiger partial charge in [-0.1, -0.05) is 5.16 Å². The minimum atomic E-state index is -0.134. The van der Waals surface area contributed by atoms with Gasteiger partial charge in [-0.05, 0) is 26.0 Å². The molecule has 2 aromatic heterocycles. The van der Waals surface area contributed by atoms with Gasteiger partial charge in [0.1, 0.15) is 6.10 Å². The van der Waals surface area contributed by atoms with Crippen molar-refractivity contribution >= 4 is 0 Å². The molecule has 6 nitrogen and oxygen atoms in total. The van der Waals surface area contributed by atoms with E-state index >= 15 is 0 Å². The molecule has 0 spiro atoms. The Labute approximate surface area is 111 Å². The van der Waals surface area contributed by atoms with Crippen molar-refractivity contribution in [2.75, 3.05) is 19.7 Å². The summed E-state index contributed by atoms with van der Waals surface area (Å²) in [5, 5.41) is 7.24. The molecular formula is C13H16N4O2. The van der Waals surface area contributed by atoms with Crippen molar-refractivity contribution in [2.45, 2.75) is 20.0 Å². The maximum atomic E-state index is 5.60. The van der Waals surface area contributed by atoms with Gasteiger partial charge in [-0.3, -0.25) is 4.98 Å². The number of nitrogens with one attached hydrogen (secondary N) is 1. The standard InChI is InChI=1S/C13H16N4O2/c1-8-3-4-10(9(2)15-8)13-16-12(17-19-13)11-7-14-5-6-18-11/h3-4,11,14H,5-7H2,1-2H3. The van der Waals surface area contributed by atoms with Gasteiger partial charge in [0.2, 0.25) is 5.82 Å². The Balaban J connectivity index is 1.87. The van der Waals surface area contributed by atoms with Crippen LogP contribution in [0.15, 0.2) is 16.7 Å². The third-order valence-electron chi connectivity index (χ3n) is 3.11. The van der Waals surface area contributed by atoms with Gasteiger partial charge in [-0.2, -0.15) is 4.98 Å². The number of aryl methyl sites for hydroxylation is 2. The second-order valence-electron chi connectivity index (χ2n) is 4.61. The molecule has 0 aromatic carbocycles. The maximum Gasteiger partial charge on any atom is 0.259 e. The predicted octanol–water partition coefficient (Wildman–Crippen LogP) is 1.41. The summed E-state index contributed by atoms with van der Waals surface area (Å²) in [4.78, 5) is 8.81. The van der Waals surface area contributed by atoms with Crippen LogP contribution in [0.2, 0.25) is 0 Å². The summed E-state index contributed by atoms with van der Waals surface area (Å²) in [7, 11) is 0. The number of rotatable bonds is 2. The van der Waals surface area contributed by atoms with E-state index < -0.39 is 0 Å². The van der Waals surface area contributed by atoms with Crippen LogP contribution in [0.3, 0.4) is 0 Å². The number of morpholine rings is 1. The molecule has 1 aliphatic rings. The van der Waals surface area contributed by atoms with Gasteiger partial charge < -0.3 is 14.6 Å². The van der Waals surface area contributed by atoms with Gasteiger partial charge >= 0.3 is 0 Å². The highest BCUT2D eigenvalue weighted by Crippen LogP contribution is 2.23. The number of hydrogen-bond acceptors (Lipinski definition) is 6. The summed E-state index contributed by atoms with van der Waals surface area (Å²) < 4.78 is 10.9. The largest absolute Gasteiger partial charge is 0.367 e. The van der Waals surface area contributed by atoms with Crippen molar-refractivity contribution in [2.24, 2.45) is 0 Å². The Morgan fingerprint density at radius 2 is 2.16 bits per heavy atom. The van der Waals surface area contributed by atoms with Crippen LogP contribution in [0.5, 0.6) is 0 Å². The Morgan fingerprint density at radius 3 is 2.89 bits per heavy atom. The first-order valence-electron chi connectivity index (χ1n) is 6.34. The van der Waals surface area contributed by atoms with Crippen LogP contribution in [0.4, 0.5) is 0 Å². The van der Waals surface area contributed by atoms with E-state index in [0.717, 1.165) is 23.5 Å². The van der Waals surface area contributed by atoms with Crippen LogP contribution in [-0.4, -0.2) is 34.8 Å². The minimum absolute atomic E-state index is 0.134. The Bertz CT molecular complexity index is 576. The smallest absolute Gasteiger partial charge is 0.259 e. The third kappa shape index (κ3) is 2.50. The normalized spacial score (nSPS) is 19.6. The zero-order valence-electron chi connectivity index (χ0n) is 11.0. The molecule has 0 aliphatic carbocycles. The van der Waals surface area contributed by atoms with E-state index in [1.165, 1.54) is 0 Å². The van der Waals surface area contributed by atoms with Gasteiger partial charge in [0, 0.05) is 18.8 Å². The molecule has 3 heterocycles. The van der Waals surface area contributed by atoms with Crippen molar-refractivity contribution in [3.8, 4) is 11.5 Å². The summed E-state index contributed by atoms with van der Waals surface area (Å²) in [6.45, 7) is 6.13. The lowest BCUT2D eigenvalue weighted by Gasteiger charge is -2.20. The van der Waals surface area contributed by atoms with E-state index in [1.807, 2.05) is 26.0 Å². The zero-order chi connectivity index (χ0) is 13.2. The Hall–Kier alpha value is -1.79. The molecule has 0 saturated carbocycles. The van der Waals surface area contributed by atoms with E-state index in [4.69, 9.17) is 9.26 Å². The number of nitrogens with zero attached hydrogens (tertiary/aromatic N) is 3. The molecule has 1 atom stereocenters. The molecule has 19 heavy (non-hydrogen) atoms. The number of ether oxygens (including phenoxy) is 1. The molecule has 1 unspecified atom stereocenters. The van der Waals surface area contributed by atoms with Gasteiger partial charge in [-0.15, -0.1) is 0 Å². The fraction of sp³-hybridized carbons (Fsp3) is 0.462. The fourth-order valence-corrected chi connectivity index (χ4v) is 2.12. The molecule has 1 saturated heterocycles. The van der Waals surface area contributed by atoms with E-state index in [2.05, 4.69) is 20.4 Å². The van der Waals surface area contributed by atoms with Crippen LogP contribution < -0.4 is 5.32 Å². The van der Waals surface area contributed by atoms with Crippen LogP contribution in [-0.2, 0) is 4.74 Å². The van der Waals surface area contributed by atoms with E-state index in [-0.39, 0.29) is 6.10 Å². The molecule has 1 N–H and O–H groups in total. The quantitative estimate of drug-likeness (QED) is 0.880. The van der Waals surface area contributed by atoms with Crippen molar-refractivity contribution < 1.29 is 9.26 Å². The second-order valence-corrected chi connectivity index (χ2v) is 4.61. The highest BCUT2D eigenvalue weighted by Gasteiger charge is 2.22. The van der Waals surface area contributed by atoms with E-state index in [1.54, 1.807) is 0 Å². The average molecular weight is 260 g/mol. The first-order chi connectivity index (χ1) is 9.24. The minimum Gasteiger partial charge on any atom is -0.367 e. The summed E-state index contributed by atoms with van der Waals surface area (Å²) in [6.07, 6.45) is -0.134. The molecule has 0 bridgehead atoms. The summed E-state index contributed by atoms with van der Waals surface area (Å²) >= 11 is 0. The number of aromatic nitrogens is 3. The number of hydrogen-bond donors (Lipinski definition) is 1. The van der Waals surface area contributed by atoms with E-state index in [0.29, 0.717) is 24.9 Å². The Kier molecular flexibility index (Phi) is 3.27. The van der Waals surface area contributed by atoms with Crippen molar-refractivity contribution in [3.05, 3.63) is 29.3 Å². The van der Waals surface area contributed by atoms with Crippen LogP contribution >= 0.6 is 0 Å². The molecular weight excluding hydrogens is 244 g/mol. The molecule has 1 fully saturated rings. The van der Waals surface area contributed by atoms with Crippen LogP contribution in [0.25, 0.3) is 11.5 Å². The average Bonchev–Trinajstić information content (AvgIpc) is 2.89. The third-order valence-corrected chi connectivity index (χ3v) is 3.11. The first kappa shape index (κ1) is 12.3. The van der Waals surface area contributed by atoms with Crippen LogP contribution in [0, 0.1) is 13.8 Å². The van der Waals surface area contributed by atoms with Crippen LogP contribution in [0.1, 0.15) is 23.3 Å². The topological polar surface area (TPSA) is 73.1 Å². The Morgan fingerprint density at radius 1 is 1.26 bits per heavy atom. The highest BCUT2D eigenvalue weighted by molar-refractivity contribution is 5.55. The lowest BCUT2D eigenvalue weighted by Crippen LogP contribution is -2.33. The summed E-state index contributed by atoms with van der Waals surface area (Å²) in [5.74, 6) is 1.08. The molecule has 2 aromatic rings. The summed E-state index contributed by atoms with van der Waals surface area (Å²) in [6, 6.07) is 3.89. The summed E-state index contributed by atoms with van der Waals surface area (Å²) in [5.41, 5.74) is 2.73. The lowest BCUT2D eigenvalue weighted by molar-refractivity contribution is 0.0208. The van der Waals surface area contributed by atoms with Gasteiger partial charge in [0.25, 0.3) is 5.89 Å². The maximum absolute atomic E-state index is 5.60. The molecule has 3 rings (SSSR count). The fourth-order valence-electron chi connectivity index (χ4n) is 2.12. The zero-order valence-corrected chi connectivity index (χ0v) is 11.0. The van der Waals surface area contributed by atoms with Gasteiger partial charge in [0.15, 0.2) is 0 Å². The van der Waals surface area contributed by atoms with E-state index in [9.17, 15) is 0 Å². The predicted molar refractivity (Wildman–Crippen MR) is 68.6 cm³/mol. The van der Waals surface area contributed by atoms with Gasteiger partial charge in [0.05, 0.1) is 17.9 Å². The molecule has 1 aliphatic heterocycles. The molecule has 100 valence electrons. The van der Waals surface area contributed by atoms with Gasteiger partial charge in [-0.25, -0.2) is 0 Å². The molecule has 6 heteroatoms. The SMILES string of the molecule is Cc1ccc(-c2nc(C3CNCCO3)no2)c(C)n1. The van der Waals surface area contributed by atoms with Crippen molar-refractivity contribution in [1.29, 1.82) is 0 Å². The first-order valence-corrected chi connectivity index (χ1v) is 6.34. The second kappa shape index (κ2) is 5.07. The van der Waals surface area contributed by atoms with Crippen molar-refractivity contribution in [1.82, 2.24) is 20.4 Å².